The quantitative estimate of drug-likeness (QED) is 0.444. The van der Waals surface area contributed by atoms with Crippen molar-refractivity contribution in [3.63, 3.8) is 0 Å². The molecule has 170 valence electrons. The van der Waals surface area contributed by atoms with E-state index in [9.17, 15) is 19.5 Å². The predicted octanol–water partition coefficient (Wildman–Crippen LogP) is 2.20. The number of amides is 2. The van der Waals surface area contributed by atoms with E-state index in [2.05, 4.69) is 15.6 Å². The van der Waals surface area contributed by atoms with Crippen LogP contribution in [0, 0.1) is 6.92 Å². The number of nitrogens with zero attached hydrogens (tertiary/aromatic N) is 1. The number of pyridine rings is 1. The Kier molecular flexibility index (Phi) is 7.88. The zero-order chi connectivity index (χ0) is 23.8. The van der Waals surface area contributed by atoms with E-state index in [1.54, 1.807) is 36.7 Å². The van der Waals surface area contributed by atoms with Crippen molar-refractivity contribution in [1.82, 2.24) is 15.6 Å². The topological polar surface area (TPSA) is 134 Å². The Morgan fingerprint density at radius 2 is 1.67 bits per heavy atom. The van der Waals surface area contributed by atoms with Crippen LogP contribution in [0.3, 0.4) is 0 Å². The molecule has 1 aromatic heterocycles. The number of benzene rings is 2. The third-order valence-corrected chi connectivity index (χ3v) is 5.17. The van der Waals surface area contributed by atoms with Crippen LogP contribution in [0.25, 0.3) is 0 Å². The van der Waals surface area contributed by atoms with Crippen LogP contribution in [0.5, 0.6) is 5.75 Å². The van der Waals surface area contributed by atoms with Gasteiger partial charge < -0.3 is 21.5 Å². The molecule has 3 aromatic rings. The summed E-state index contributed by atoms with van der Waals surface area (Å²) >= 11 is 0. The maximum Gasteiger partial charge on any atom is 0.251 e. The van der Waals surface area contributed by atoms with E-state index >= 15 is 0 Å². The van der Waals surface area contributed by atoms with Crippen molar-refractivity contribution in [2.45, 2.75) is 19.4 Å². The summed E-state index contributed by atoms with van der Waals surface area (Å²) < 4.78 is 0. The number of aryl methyl sites for hydroxylation is 1. The third-order valence-electron chi connectivity index (χ3n) is 5.17. The second kappa shape index (κ2) is 11.0. The van der Waals surface area contributed by atoms with Gasteiger partial charge in [-0.25, -0.2) is 0 Å². The molecule has 1 aliphatic rings. The van der Waals surface area contributed by atoms with Crippen molar-refractivity contribution >= 4 is 17.6 Å². The second-order valence-corrected chi connectivity index (χ2v) is 7.69. The number of carbonyl (C=O) groups excluding carboxylic acids is 3. The molecule has 5 N–H and O–H groups in total. The molecule has 0 saturated carbocycles. The van der Waals surface area contributed by atoms with Gasteiger partial charge in [0.15, 0.2) is 5.78 Å². The molecular weight excluding hydrogens is 420 g/mol. The molecule has 8 heteroatoms. The Morgan fingerprint density at radius 3 is 2.27 bits per heavy atom. The van der Waals surface area contributed by atoms with Crippen molar-refractivity contribution in [2.24, 2.45) is 5.73 Å². The van der Waals surface area contributed by atoms with Gasteiger partial charge in [0.1, 0.15) is 5.75 Å². The van der Waals surface area contributed by atoms with Gasteiger partial charge >= 0.3 is 0 Å². The zero-order valence-corrected chi connectivity index (χ0v) is 18.2. The molecule has 8 nitrogen and oxygen atoms in total. The van der Waals surface area contributed by atoms with E-state index in [-0.39, 0.29) is 29.0 Å². The summed E-state index contributed by atoms with van der Waals surface area (Å²) in [6.07, 6.45) is 4.26. The number of rotatable bonds is 5. The first-order chi connectivity index (χ1) is 15.8. The highest BCUT2D eigenvalue weighted by molar-refractivity contribution is 6.11. The van der Waals surface area contributed by atoms with Crippen molar-refractivity contribution in [1.29, 1.82) is 0 Å². The standard InChI is InChI=1S/C15H13NO3.C10H13N3O/c1-9-2-7-13(17)12(8-9)14(18)10-3-5-11(6-4-10)15(16)19;14-10(8-1-4-11-5-2-8)13-9-3-6-12-7-9/h2-8,17H,1H3,(H2,16,19);1-2,4-5,9,12H,3,6-7H2,(H,13,14)/t;9-/m.0/s1. The number of hydrogen-bond donors (Lipinski definition) is 4. The number of carbonyl (C=O) groups is 3. The second-order valence-electron chi connectivity index (χ2n) is 7.69. The highest BCUT2D eigenvalue weighted by Gasteiger charge is 2.17. The fourth-order valence-corrected chi connectivity index (χ4v) is 3.32. The van der Waals surface area contributed by atoms with E-state index in [1.165, 1.54) is 30.3 Å². The van der Waals surface area contributed by atoms with Crippen LogP contribution in [-0.2, 0) is 0 Å². The smallest absolute Gasteiger partial charge is 0.251 e. The first-order valence-corrected chi connectivity index (χ1v) is 10.5. The third kappa shape index (κ3) is 6.47. The molecule has 4 rings (SSSR count). The molecule has 0 aliphatic carbocycles. The van der Waals surface area contributed by atoms with Gasteiger partial charge in [-0.2, -0.15) is 0 Å². The number of aromatic nitrogens is 1. The summed E-state index contributed by atoms with van der Waals surface area (Å²) in [5.74, 6) is -0.912. The molecule has 33 heavy (non-hydrogen) atoms. The molecule has 1 atom stereocenters. The van der Waals surface area contributed by atoms with Gasteiger partial charge in [-0.3, -0.25) is 19.4 Å². The number of nitrogens with two attached hydrogens (primary N) is 1. The molecule has 0 bridgehead atoms. The Hall–Kier alpha value is -4.04. The molecule has 1 saturated heterocycles. The maximum atomic E-state index is 12.2. The molecule has 1 aliphatic heterocycles. The van der Waals surface area contributed by atoms with E-state index < -0.39 is 5.91 Å². The highest BCUT2D eigenvalue weighted by atomic mass is 16.3. The van der Waals surface area contributed by atoms with Crippen LogP contribution in [-0.4, -0.2) is 46.8 Å². The Labute approximate surface area is 191 Å². The minimum Gasteiger partial charge on any atom is -0.507 e. The molecular formula is C25H26N4O4. The fourth-order valence-electron chi connectivity index (χ4n) is 3.32. The molecule has 0 radical (unpaired) electrons. The van der Waals surface area contributed by atoms with Crippen LogP contribution in [0.4, 0.5) is 0 Å². The lowest BCUT2D eigenvalue weighted by Crippen LogP contribution is -2.36. The number of primary amides is 1. The SMILES string of the molecule is Cc1ccc(O)c(C(=O)c2ccc(C(N)=O)cc2)c1.O=C(N[C@H]1CCNC1)c1ccncc1. The molecule has 2 aromatic carbocycles. The Bertz CT molecular complexity index is 1120. The minimum atomic E-state index is -0.544. The normalized spacial score (nSPS) is 14.6. The average Bonchev–Trinajstić information content (AvgIpc) is 3.34. The number of hydrogen-bond acceptors (Lipinski definition) is 6. The van der Waals surface area contributed by atoms with Crippen LogP contribution < -0.4 is 16.4 Å². The summed E-state index contributed by atoms with van der Waals surface area (Å²) in [6.45, 7) is 3.70. The number of ketones is 1. The molecule has 2 heterocycles. The molecule has 0 spiro atoms. The predicted molar refractivity (Wildman–Crippen MR) is 124 cm³/mol. The van der Waals surface area contributed by atoms with Gasteiger partial charge in [0.05, 0.1) is 5.56 Å². The van der Waals surface area contributed by atoms with Crippen LogP contribution in [0.2, 0.25) is 0 Å². The highest BCUT2D eigenvalue weighted by Crippen LogP contribution is 2.22. The van der Waals surface area contributed by atoms with E-state index in [4.69, 9.17) is 5.73 Å². The van der Waals surface area contributed by atoms with Gasteiger partial charge in [0, 0.05) is 41.7 Å². The van der Waals surface area contributed by atoms with E-state index in [0.29, 0.717) is 16.7 Å². The van der Waals surface area contributed by atoms with Crippen molar-refractivity contribution in [3.05, 3.63) is 94.8 Å². The lowest BCUT2D eigenvalue weighted by molar-refractivity contribution is 0.0938. The van der Waals surface area contributed by atoms with E-state index in [0.717, 1.165) is 25.1 Å². The number of aromatic hydroxyl groups is 1. The zero-order valence-electron chi connectivity index (χ0n) is 18.2. The van der Waals surface area contributed by atoms with Crippen LogP contribution in [0.1, 0.15) is 48.6 Å². The fraction of sp³-hybridized carbons (Fsp3) is 0.200. The number of nitrogens with one attached hydrogen (secondary N) is 2. The number of phenolic OH excluding ortho intramolecular Hbond substituents is 1. The lowest BCUT2D eigenvalue weighted by Gasteiger charge is -2.10. The molecule has 2 amide bonds. The van der Waals surface area contributed by atoms with Crippen molar-refractivity contribution < 1.29 is 19.5 Å². The first kappa shape index (κ1) is 23.6. The Balaban J connectivity index is 0.000000194. The van der Waals surface area contributed by atoms with Gasteiger partial charge in [0.25, 0.3) is 5.91 Å². The summed E-state index contributed by atoms with van der Waals surface area (Å²) in [4.78, 5) is 38.7. The summed E-state index contributed by atoms with van der Waals surface area (Å²) in [7, 11) is 0. The van der Waals surface area contributed by atoms with Gasteiger partial charge in [0.2, 0.25) is 5.91 Å². The van der Waals surface area contributed by atoms with Gasteiger partial charge in [-0.05, 0) is 56.3 Å². The monoisotopic (exact) mass is 446 g/mol. The average molecular weight is 447 g/mol. The summed E-state index contributed by atoms with van der Waals surface area (Å²) in [6, 6.07) is 14.6. The summed E-state index contributed by atoms with van der Waals surface area (Å²) in [5.41, 5.74) is 7.66. The van der Waals surface area contributed by atoms with Crippen molar-refractivity contribution in [2.75, 3.05) is 13.1 Å². The lowest BCUT2D eigenvalue weighted by atomic mass is 9.99. The largest absolute Gasteiger partial charge is 0.507 e. The van der Waals surface area contributed by atoms with Crippen molar-refractivity contribution in [3.8, 4) is 5.75 Å². The van der Waals surface area contributed by atoms with Gasteiger partial charge in [-0.1, -0.05) is 23.8 Å². The van der Waals surface area contributed by atoms with E-state index in [1.807, 2.05) is 6.92 Å². The van der Waals surface area contributed by atoms with Gasteiger partial charge in [-0.15, -0.1) is 0 Å². The van der Waals surface area contributed by atoms with Crippen LogP contribution >= 0.6 is 0 Å². The first-order valence-electron chi connectivity index (χ1n) is 10.5. The maximum absolute atomic E-state index is 12.2. The summed E-state index contributed by atoms with van der Waals surface area (Å²) in [5, 5.41) is 15.9. The Morgan fingerprint density at radius 1 is 1.00 bits per heavy atom. The van der Waals surface area contributed by atoms with Crippen LogP contribution in [0.15, 0.2) is 67.0 Å². The minimum absolute atomic E-state index is 0.0129. The molecule has 1 fully saturated rings. The molecule has 0 unspecified atom stereocenters. The number of phenols is 1.